The van der Waals surface area contributed by atoms with Gasteiger partial charge in [0.25, 0.3) is 6.47 Å². The largest absolute Gasteiger partial charge is 0.483 e. The molecule has 0 aromatic heterocycles. The summed E-state index contributed by atoms with van der Waals surface area (Å²) in [4.78, 5) is 32.9. The first-order valence-electron chi connectivity index (χ1n) is 6.76. The van der Waals surface area contributed by atoms with Gasteiger partial charge < -0.3 is 5.11 Å². The fourth-order valence-corrected chi connectivity index (χ4v) is 2.30. The Morgan fingerprint density at radius 3 is 1.77 bits per heavy atom. The number of carbonyl (C=O) groups excluding carboxylic acids is 2. The van der Waals surface area contributed by atoms with Crippen LogP contribution in [-0.4, -0.2) is 23.4 Å². The molecule has 0 saturated carbocycles. The van der Waals surface area contributed by atoms with Crippen molar-refractivity contribution in [1.82, 2.24) is 0 Å². The standard InChI is InChI=1S/C16H13NO2.CH2O2/c18-15-10-11-16(19)17(15)14-8-6-13(7-9-14)12-4-2-1-3-5-12;2-1-3/h1-9H,10-11H2;1H,(H,2,3). The van der Waals surface area contributed by atoms with E-state index in [2.05, 4.69) is 0 Å². The van der Waals surface area contributed by atoms with Crippen LogP contribution >= 0.6 is 0 Å². The molecule has 1 fully saturated rings. The molecule has 0 unspecified atom stereocenters. The lowest BCUT2D eigenvalue weighted by atomic mass is 10.1. The molecule has 0 radical (unpaired) electrons. The van der Waals surface area contributed by atoms with Crippen molar-refractivity contribution in [2.75, 3.05) is 4.90 Å². The number of carboxylic acid groups (broad SMARTS) is 1. The van der Waals surface area contributed by atoms with Gasteiger partial charge in [-0.1, -0.05) is 42.5 Å². The zero-order valence-electron chi connectivity index (χ0n) is 11.8. The van der Waals surface area contributed by atoms with E-state index in [9.17, 15) is 9.59 Å². The third-order valence-corrected chi connectivity index (χ3v) is 3.28. The van der Waals surface area contributed by atoms with E-state index in [1.165, 1.54) is 4.90 Å². The molecule has 2 aromatic carbocycles. The van der Waals surface area contributed by atoms with Crippen molar-refractivity contribution in [3.05, 3.63) is 54.6 Å². The number of hydrogen-bond donors (Lipinski definition) is 1. The highest BCUT2D eigenvalue weighted by molar-refractivity contribution is 6.19. The van der Waals surface area contributed by atoms with Crippen molar-refractivity contribution in [1.29, 1.82) is 0 Å². The minimum absolute atomic E-state index is 0.113. The average molecular weight is 297 g/mol. The smallest absolute Gasteiger partial charge is 0.290 e. The number of nitrogens with zero attached hydrogens (tertiary/aromatic N) is 1. The van der Waals surface area contributed by atoms with Crippen molar-refractivity contribution in [3.63, 3.8) is 0 Å². The van der Waals surface area contributed by atoms with Crippen molar-refractivity contribution < 1.29 is 19.5 Å². The molecule has 1 saturated heterocycles. The minimum Gasteiger partial charge on any atom is -0.483 e. The molecule has 3 rings (SSSR count). The third-order valence-electron chi connectivity index (χ3n) is 3.28. The van der Waals surface area contributed by atoms with Gasteiger partial charge in [-0.05, 0) is 23.3 Å². The lowest BCUT2D eigenvalue weighted by Gasteiger charge is -2.14. The summed E-state index contributed by atoms with van der Waals surface area (Å²) in [6.07, 6.45) is 0.637. The van der Waals surface area contributed by atoms with E-state index in [4.69, 9.17) is 9.90 Å². The van der Waals surface area contributed by atoms with Gasteiger partial charge in [-0.3, -0.25) is 19.3 Å². The maximum absolute atomic E-state index is 11.6. The highest BCUT2D eigenvalue weighted by Gasteiger charge is 2.29. The first-order chi connectivity index (χ1) is 10.7. The monoisotopic (exact) mass is 297 g/mol. The van der Waals surface area contributed by atoms with Gasteiger partial charge in [0.1, 0.15) is 0 Å². The number of amides is 2. The quantitative estimate of drug-likeness (QED) is 0.683. The SMILES string of the molecule is O=C1CCC(=O)N1c1ccc(-c2ccccc2)cc1.O=CO. The molecule has 5 heteroatoms. The maximum atomic E-state index is 11.6. The molecule has 2 amide bonds. The Bertz CT molecular complexity index is 649. The lowest BCUT2D eigenvalue weighted by molar-refractivity contribution is -0.123. The summed E-state index contributed by atoms with van der Waals surface area (Å²) >= 11 is 0. The second-order valence-corrected chi connectivity index (χ2v) is 4.64. The zero-order valence-corrected chi connectivity index (χ0v) is 11.8. The van der Waals surface area contributed by atoms with E-state index in [-0.39, 0.29) is 18.3 Å². The van der Waals surface area contributed by atoms with Crippen LogP contribution in [-0.2, 0) is 14.4 Å². The Labute approximate surface area is 127 Å². The molecule has 5 nitrogen and oxygen atoms in total. The van der Waals surface area contributed by atoms with Crippen molar-refractivity contribution in [2.24, 2.45) is 0 Å². The molecule has 0 aliphatic carbocycles. The summed E-state index contributed by atoms with van der Waals surface area (Å²) in [5, 5.41) is 6.89. The number of benzene rings is 2. The van der Waals surface area contributed by atoms with Crippen LogP contribution in [0.3, 0.4) is 0 Å². The Balaban J connectivity index is 0.000000545. The summed E-state index contributed by atoms with van der Waals surface area (Å²) < 4.78 is 0. The number of imide groups is 1. The molecule has 22 heavy (non-hydrogen) atoms. The van der Waals surface area contributed by atoms with Crippen LogP contribution in [0.1, 0.15) is 12.8 Å². The number of anilines is 1. The molecule has 2 aromatic rings. The lowest BCUT2D eigenvalue weighted by Crippen LogP contribution is -2.28. The Morgan fingerprint density at radius 2 is 1.27 bits per heavy atom. The van der Waals surface area contributed by atoms with Crippen LogP contribution in [0.2, 0.25) is 0 Å². The van der Waals surface area contributed by atoms with Crippen LogP contribution in [0.5, 0.6) is 0 Å². The van der Waals surface area contributed by atoms with Gasteiger partial charge in [0, 0.05) is 12.8 Å². The fraction of sp³-hybridized carbons (Fsp3) is 0.118. The molecule has 1 N–H and O–H groups in total. The predicted molar refractivity (Wildman–Crippen MR) is 82.3 cm³/mol. The van der Waals surface area contributed by atoms with Gasteiger partial charge >= 0.3 is 0 Å². The summed E-state index contributed by atoms with van der Waals surface area (Å²) in [7, 11) is 0. The first kappa shape index (κ1) is 15.4. The molecule has 1 aliphatic heterocycles. The Kier molecular flexibility index (Phi) is 5.03. The van der Waals surface area contributed by atoms with E-state index in [1.54, 1.807) is 0 Å². The molecule has 1 aliphatic rings. The van der Waals surface area contributed by atoms with E-state index in [0.29, 0.717) is 18.5 Å². The molecular weight excluding hydrogens is 282 g/mol. The van der Waals surface area contributed by atoms with E-state index in [1.807, 2.05) is 54.6 Å². The van der Waals surface area contributed by atoms with Crippen LogP contribution in [0, 0.1) is 0 Å². The van der Waals surface area contributed by atoms with Crippen LogP contribution in [0.4, 0.5) is 5.69 Å². The number of rotatable bonds is 2. The average Bonchev–Trinajstić information content (AvgIpc) is 2.88. The van der Waals surface area contributed by atoms with Gasteiger partial charge in [-0.15, -0.1) is 0 Å². The summed E-state index contributed by atoms with van der Waals surface area (Å²) in [5.74, 6) is -0.227. The van der Waals surface area contributed by atoms with Crippen LogP contribution in [0.15, 0.2) is 54.6 Å². The highest BCUT2D eigenvalue weighted by atomic mass is 16.3. The normalized spacial score (nSPS) is 13.5. The predicted octanol–water partition coefficient (Wildman–Crippen LogP) is 2.71. The second kappa shape index (κ2) is 7.17. The van der Waals surface area contributed by atoms with Gasteiger partial charge in [0.05, 0.1) is 5.69 Å². The third kappa shape index (κ3) is 3.38. The summed E-state index contributed by atoms with van der Waals surface area (Å²) in [5.41, 5.74) is 2.85. The van der Waals surface area contributed by atoms with Gasteiger partial charge in [0.15, 0.2) is 0 Å². The maximum Gasteiger partial charge on any atom is 0.290 e. The summed E-state index contributed by atoms with van der Waals surface area (Å²) in [6, 6.07) is 17.5. The minimum atomic E-state index is -0.250. The van der Waals surface area contributed by atoms with Crippen molar-refractivity contribution in [3.8, 4) is 11.1 Å². The topological polar surface area (TPSA) is 74.7 Å². The molecule has 1 heterocycles. The van der Waals surface area contributed by atoms with Crippen LogP contribution in [0.25, 0.3) is 11.1 Å². The summed E-state index contributed by atoms with van der Waals surface area (Å²) in [6.45, 7) is -0.250. The molecular formula is C17H15NO4. The zero-order chi connectivity index (χ0) is 15.9. The second-order valence-electron chi connectivity index (χ2n) is 4.64. The first-order valence-corrected chi connectivity index (χ1v) is 6.76. The number of carbonyl (C=O) groups is 3. The Hall–Kier alpha value is -2.95. The van der Waals surface area contributed by atoms with Crippen LogP contribution < -0.4 is 4.90 Å². The van der Waals surface area contributed by atoms with E-state index >= 15 is 0 Å². The van der Waals surface area contributed by atoms with E-state index in [0.717, 1.165) is 11.1 Å². The molecule has 0 spiro atoms. The van der Waals surface area contributed by atoms with Crippen molar-refractivity contribution >= 4 is 24.0 Å². The molecule has 0 atom stereocenters. The van der Waals surface area contributed by atoms with Gasteiger partial charge in [-0.25, -0.2) is 0 Å². The Morgan fingerprint density at radius 1 is 0.818 bits per heavy atom. The molecule has 0 bridgehead atoms. The molecule has 112 valence electrons. The van der Waals surface area contributed by atoms with Crippen molar-refractivity contribution in [2.45, 2.75) is 12.8 Å². The van der Waals surface area contributed by atoms with Gasteiger partial charge in [-0.2, -0.15) is 0 Å². The van der Waals surface area contributed by atoms with Gasteiger partial charge in [0.2, 0.25) is 11.8 Å². The number of hydrogen-bond acceptors (Lipinski definition) is 3. The highest BCUT2D eigenvalue weighted by Crippen LogP contribution is 2.26. The fourth-order valence-electron chi connectivity index (χ4n) is 2.30. The van der Waals surface area contributed by atoms with E-state index < -0.39 is 0 Å².